The Morgan fingerprint density at radius 2 is 1.74 bits per heavy atom. The van der Waals surface area contributed by atoms with Gasteiger partial charge in [-0.2, -0.15) is 32.9 Å². The lowest BCUT2D eigenvalue weighted by atomic mass is 10.1. The topological polar surface area (TPSA) is 129 Å². The first-order valence-corrected chi connectivity index (χ1v) is 13.1. The Hall–Kier alpha value is -3.88. The van der Waals surface area contributed by atoms with Gasteiger partial charge in [0.25, 0.3) is 0 Å². The number of hydrogen-bond acceptors (Lipinski definition) is 8. The zero-order chi connectivity index (χ0) is 26.8. The van der Waals surface area contributed by atoms with E-state index in [2.05, 4.69) is 36.0 Å². The standard InChI is InChI=1S/C24H23F3N8O2S/c25-24(26,27)18-12-17(22-21(13-18)32-34-33-22)3-2-16-14-29-23(30-15-16)31-19-4-6-20(7-5-19)38(36,37)35-10-1-8-28-9-11-35/h2-7,12-15,28H,1,8-11H2,(H,29,30,31)(H,32,33,34). The SMILES string of the molecule is O=S(=O)(c1ccc(Nc2ncc(C=Cc3cc(C(F)(F)F)cc4n[nH]nc34)cn2)cc1)N1CCCNCC1. The van der Waals surface area contributed by atoms with Crippen molar-refractivity contribution in [2.75, 3.05) is 31.5 Å². The molecule has 0 bridgehead atoms. The highest BCUT2D eigenvalue weighted by Crippen LogP contribution is 2.33. The first kappa shape index (κ1) is 25.8. The van der Waals surface area contributed by atoms with Crippen LogP contribution in [0, 0.1) is 0 Å². The lowest BCUT2D eigenvalue weighted by Gasteiger charge is -2.19. The molecule has 2 aromatic carbocycles. The van der Waals surface area contributed by atoms with Gasteiger partial charge in [0, 0.05) is 48.8 Å². The second-order valence-corrected chi connectivity index (χ2v) is 10.5. The number of anilines is 2. The maximum atomic E-state index is 13.2. The van der Waals surface area contributed by atoms with E-state index in [0.29, 0.717) is 36.4 Å². The molecule has 198 valence electrons. The maximum Gasteiger partial charge on any atom is 0.416 e. The molecule has 3 heterocycles. The van der Waals surface area contributed by atoms with Gasteiger partial charge in [0.15, 0.2) is 0 Å². The van der Waals surface area contributed by atoms with E-state index in [-0.39, 0.29) is 21.9 Å². The minimum Gasteiger partial charge on any atom is -0.324 e. The Morgan fingerprint density at radius 1 is 0.974 bits per heavy atom. The summed E-state index contributed by atoms with van der Waals surface area (Å²) in [6.45, 7) is 2.31. The van der Waals surface area contributed by atoms with Crippen molar-refractivity contribution in [1.82, 2.24) is 35.0 Å². The number of alkyl halides is 3. The van der Waals surface area contributed by atoms with E-state index in [1.54, 1.807) is 18.2 Å². The first-order chi connectivity index (χ1) is 18.2. The molecule has 14 heteroatoms. The summed E-state index contributed by atoms with van der Waals surface area (Å²) in [6.07, 6.45) is 2.32. The molecule has 0 atom stereocenters. The molecule has 5 rings (SSSR count). The lowest BCUT2D eigenvalue weighted by molar-refractivity contribution is -0.137. The quantitative estimate of drug-likeness (QED) is 0.336. The predicted molar refractivity (Wildman–Crippen MR) is 136 cm³/mol. The number of hydrogen-bond donors (Lipinski definition) is 3. The number of nitrogens with one attached hydrogen (secondary N) is 3. The van der Waals surface area contributed by atoms with Gasteiger partial charge in [0.05, 0.1) is 10.5 Å². The number of fused-ring (bicyclic) bond motifs is 1. The second kappa shape index (κ2) is 10.5. The minimum absolute atomic E-state index is 0.109. The fourth-order valence-electron chi connectivity index (χ4n) is 3.99. The summed E-state index contributed by atoms with van der Waals surface area (Å²) >= 11 is 0. The average molecular weight is 545 g/mol. The van der Waals surface area contributed by atoms with Crippen LogP contribution in [0.15, 0.2) is 53.7 Å². The van der Waals surface area contributed by atoms with E-state index in [1.807, 2.05) is 0 Å². The number of aromatic nitrogens is 5. The highest BCUT2D eigenvalue weighted by Gasteiger charge is 2.31. The summed E-state index contributed by atoms with van der Waals surface area (Å²) in [5.41, 5.74) is 0.998. The molecule has 0 radical (unpaired) electrons. The van der Waals surface area contributed by atoms with Crippen LogP contribution < -0.4 is 10.6 Å². The Balaban J connectivity index is 1.27. The van der Waals surface area contributed by atoms with Crippen molar-refractivity contribution < 1.29 is 21.6 Å². The van der Waals surface area contributed by atoms with Crippen LogP contribution in [0.4, 0.5) is 24.8 Å². The molecule has 10 nitrogen and oxygen atoms in total. The summed E-state index contributed by atoms with van der Waals surface area (Å²) < 4.78 is 67.0. The molecule has 1 saturated heterocycles. The molecule has 1 aliphatic rings. The van der Waals surface area contributed by atoms with E-state index in [9.17, 15) is 21.6 Å². The number of rotatable bonds is 6. The van der Waals surface area contributed by atoms with Crippen molar-refractivity contribution in [1.29, 1.82) is 0 Å². The van der Waals surface area contributed by atoms with Crippen LogP contribution in [-0.2, 0) is 16.2 Å². The largest absolute Gasteiger partial charge is 0.416 e. The molecular weight excluding hydrogens is 521 g/mol. The first-order valence-electron chi connectivity index (χ1n) is 11.7. The number of aromatic amines is 1. The number of benzene rings is 2. The molecule has 0 unspecified atom stereocenters. The summed E-state index contributed by atoms with van der Waals surface area (Å²) in [6, 6.07) is 8.29. The summed E-state index contributed by atoms with van der Waals surface area (Å²) in [5, 5.41) is 16.2. The van der Waals surface area contributed by atoms with Gasteiger partial charge in [-0.25, -0.2) is 18.4 Å². The van der Waals surface area contributed by atoms with Crippen molar-refractivity contribution >= 4 is 44.8 Å². The molecule has 38 heavy (non-hydrogen) atoms. The van der Waals surface area contributed by atoms with Crippen molar-refractivity contribution in [2.24, 2.45) is 0 Å². The summed E-state index contributed by atoms with van der Waals surface area (Å²) in [4.78, 5) is 8.67. The molecular formula is C24H23F3N8O2S. The van der Waals surface area contributed by atoms with Crippen molar-refractivity contribution in [3.05, 3.63) is 65.5 Å². The predicted octanol–water partition coefficient (Wildman–Crippen LogP) is 3.66. The molecule has 0 amide bonds. The van der Waals surface area contributed by atoms with Crippen LogP contribution in [0.3, 0.4) is 0 Å². The monoisotopic (exact) mass is 544 g/mol. The van der Waals surface area contributed by atoms with Crippen molar-refractivity contribution in [2.45, 2.75) is 17.5 Å². The van der Waals surface area contributed by atoms with Gasteiger partial charge in [0.1, 0.15) is 11.0 Å². The molecule has 0 saturated carbocycles. The molecule has 0 aliphatic carbocycles. The smallest absolute Gasteiger partial charge is 0.324 e. The summed E-state index contributed by atoms with van der Waals surface area (Å²) in [5.74, 6) is 0.273. The highest BCUT2D eigenvalue weighted by molar-refractivity contribution is 7.89. The van der Waals surface area contributed by atoms with E-state index in [4.69, 9.17) is 0 Å². The minimum atomic E-state index is -4.51. The van der Waals surface area contributed by atoms with Gasteiger partial charge in [-0.15, -0.1) is 0 Å². The third kappa shape index (κ3) is 5.66. The molecule has 0 spiro atoms. The van der Waals surface area contributed by atoms with Gasteiger partial charge >= 0.3 is 6.18 Å². The third-order valence-electron chi connectivity index (χ3n) is 5.95. The van der Waals surface area contributed by atoms with E-state index >= 15 is 0 Å². The fraction of sp³-hybridized carbons (Fsp3) is 0.250. The Bertz CT molecular complexity index is 1540. The van der Waals surface area contributed by atoms with Crippen molar-refractivity contribution in [3.63, 3.8) is 0 Å². The molecule has 2 aromatic heterocycles. The van der Waals surface area contributed by atoms with Crippen LogP contribution in [0.1, 0.15) is 23.1 Å². The number of sulfonamides is 1. The lowest BCUT2D eigenvalue weighted by Crippen LogP contribution is -2.34. The fourth-order valence-corrected chi connectivity index (χ4v) is 5.47. The van der Waals surface area contributed by atoms with Crippen LogP contribution in [-0.4, -0.2) is 64.3 Å². The third-order valence-corrected chi connectivity index (χ3v) is 7.87. The van der Waals surface area contributed by atoms with Gasteiger partial charge in [-0.1, -0.05) is 12.2 Å². The summed E-state index contributed by atoms with van der Waals surface area (Å²) in [7, 11) is -3.58. The van der Waals surface area contributed by atoms with Crippen molar-refractivity contribution in [3.8, 4) is 0 Å². The highest BCUT2D eigenvalue weighted by atomic mass is 32.2. The van der Waals surface area contributed by atoms with Crippen LogP contribution >= 0.6 is 0 Å². The zero-order valence-electron chi connectivity index (χ0n) is 19.9. The van der Waals surface area contributed by atoms with E-state index in [1.165, 1.54) is 34.9 Å². The van der Waals surface area contributed by atoms with Gasteiger partial charge in [0.2, 0.25) is 16.0 Å². The Labute approximate surface area is 216 Å². The van der Waals surface area contributed by atoms with Crippen LogP contribution in [0.2, 0.25) is 0 Å². The average Bonchev–Trinajstić information content (AvgIpc) is 3.20. The zero-order valence-corrected chi connectivity index (χ0v) is 20.7. The van der Waals surface area contributed by atoms with Crippen LogP contribution in [0.25, 0.3) is 23.2 Å². The van der Waals surface area contributed by atoms with Crippen LogP contribution in [0.5, 0.6) is 0 Å². The number of H-pyrrole nitrogens is 1. The van der Waals surface area contributed by atoms with Gasteiger partial charge < -0.3 is 10.6 Å². The molecule has 1 aliphatic heterocycles. The maximum absolute atomic E-state index is 13.2. The molecule has 1 fully saturated rings. The molecule has 3 N–H and O–H groups in total. The number of halogens is 3. The Morgan fingerprint density at radius 3 is 2.47 bits per heavy atom. The second-order valence-electron chi connectivity index (χ2n) is 8.58. The van der Waals surface area contributed by atoms with E-state index < -0.39 is 21.8 Å². The normalized spacial score (nSPS) is 15.7. The number of nitrogens with zero attached hydrogens (tertiary/aromatic N) is 5. The van der Waals surface area contributed by atoms with Gasteiger partial charge in [-0.3, -0.25) is 0 Å². The molecule has 4 aromatic rings. The Kier molecular flexibility index (Phi) is 7.10. The van der Waals surface area contributed by atoms with Gasteiger partial charge in [-0.05, 0) is 49.4 Å². The van der Waals surface area contributed by atoms with E-state index in [0.717, 1.165) is 25.1 Å².